The summed E-state index contributed by atoms with van der Waals surface area (Å²) in [4.78, 5) is 24.7. The van der Waals surface area contributed by atoms with Crippen molar-refractivity contribution in [2.75, 3.05) is 12.1 Å². The number of carbonyl (C=O) groups is 1. The number of nitrogens with one attached hydrogen (secondary N) is 1. The first-order chi connectivity index (χ1) is 14.3. The molecular weight excluding hydrogens is 429 g/mol. The maximum absolute atomic E-state index is 12.0. The number of benzene rings is 2. The molecule has 30 heavy (non-hydrogen) atoms. The number of aromatic nitrogens is 3. The van der Waals surface area contributed by atoms with E-state index in [0.717, 1.165) is 0 Å². The van der Waals surface area contributed by atoms with Gasteiger partial charge in [-0.3, -0.25) is 15.2 Å². The van der Waals surface area contributed by atoms with Gasteiger partial charge >= 0.3 is 12.0 Å². The van der Waals surface area contributed by atoms with Crippen molar-refractivity contribution in [3.05, 3.63) is 58.6 Å². The van der Waals surface area contributed by atoms with E-state index in [4.69, 9.17) is 32.7 Å². The Hall–Kier alpha value is -3.10. The van der Waals surface area contributed by atoms with Crippen LogP contribution in [0.1, 0.15) is 13.8 Å². The van der Waals surface area contributed by atoms with Gasteiger partial charge in [-0.15, -0.1) is 4.98 Å². The van der Waals surface area contributed by atoms with Crippen molar-refractivity contribution in [3.63, 3.8) is 0 Å². The number of ether oxygens (including phenoxy) is 2. The van der Waals surface area contributed by atoms with Crippen LogP contribution in [0.25, 0.3) is 0 Å². The molecule has 0 aliphatic rings. The molecule has 156 valence electrons. The van der Waals surface area contributed by atoms with Gasteiger partial charge in [0.1, 0.15) is 11.5 Å². The molecule has 0 saturated carbocycles. The fourth-order valence-corrected chi connectivity index (χ4v) is 2.38. The van der Waals surface area contributed by atoms with E-state index in [0.29, 0.717) is 21.5 Å². The van der Waals surface area contributed by atoms with Crippen LogP contribution in [0, 0.1) is 5.92 Å². The lowest BCUT2D eigenvalue weighted by atomic mass is 10.2. The van der Waals surface area contributed by atoms with E-state index < -0.39 is 0 Å². The summed E-state index contributed by atoms with van der Waals surface area (Å²) in [6, 6.07) is 13.4. The Bertz CT molecular complexity index is 948. The van der Waals surface area contributed by atoms with E-state index in [9.17, 15) is 4.79 Å². The number of amides is 1. The largest absolute Gasteiger partial charge is 0.424 e. The van der Waals surface area contributed by atoms with E-state index in [2.05, 4.69) is 20.4 Å². The maximum Gasteiger partial charge on any atom is 0.330 e. The predicted octanol–water partition coefficient (Wildman–Crippen LogP) is 4.89. The smallest absolute Gasteiger partial charge is 0.330 e. The third-order valence-electron chi connectivity index (χ3n) is 3.73. The average Bonchev–Trinajstić information content (AvgIpc) is 2.71. The van der Waals surface area contributed by atoms with Crippen LogP contribution in [0.4, 0.5) is 5.95 Å². The fourth-order valence-electron chi connectivity index (χ4n) is 2.13. The predicted molar refractivity (Wildman–Crippen MR) is 114 cm³/mol. The van der Waals surface area contributed by atoms with Gasteiger partial charge in [-0.2, -0.15) is 9.97 Å². The first-order valence-electron chi connectivity index (χ1n) is 8.97. The monoisotopic (exact) mass is 447 g/mol. The summed E-state index contributed by atoms with van der Waals surface area (Å²) in [5, 5.41) is 2.51. The van der Waals surface area contributed by atoms with Crippen LogP contribution in [0.2, 0.25) is 10.0 Å². The Morgan fingerprint density at radius 2 is 1.30 bits per heavy atom. The number of anilines is 1. The zero-order chi connectivity index (χ0) is 21.7. The summed E-state index contributed by atoms with van der Waals surface area (Å²) in [6.07, 6.45) is 0. The highest BCUT2D eigenvalue weighted by Crippen LogP contribution is 2.26. The highest BCUT2D eigenvalue weighted by atomic mass is 35.5. The lowest BCUT2D eigenvalue weighted by Gasteiger charge is -2.20. The molecule has 1 heterocycles. The number of hydrazine groups is 1. The number of nitrogens with zero attached hydrogens (tertiary/aromatic N) is 4. The van der Waals surface area contributed by atoms with Crippen molar-refractivity contribution in [2.45, 2.75) is 13.8 Å². The van der Waals surface area contributed by atoms with E-state index in [1.54, 1.807) is 69.4 Å². The number of carbonyl (C=O) groups excluding carboxylic acids is 1. The lowest BCUT2D eigenvalue weighted by molar-refractivity contribution is -0.124. The molecule has 0 aliphatic carbocycles. The fraction of sp³-hybridized carbons (Fsp3) is 0.200. The number of halogens is 2. The minimum Gasteiger partial charge on any atom is -0.424 e. The Kier molecular flexibility index (Phi) is 6.91. The minimum absolute atomic E-state index is 0.0167. The molecule has 0 bridgehead atoms. The Balaban J connectivity index is 1.90. The molecule has 8 nitrogen and oxygen atoms in total. The van der Waals surface area contributed by atoms with Gasteiger partial charge in [0, 0.05) is 23.0 Å². The molecule has 0 aliphatic heterocycles. The summed E-state index contributed by atoms with van der Waals surface area (Å²) in [5.74, 6) is 0.666. The Morgan fingerprint density at radius 3 is 1.70 bits per heavy atom. The molecule has 1 N–H and O–H groups in total. The second-order valence-electron chi connectivity index (χ2n) is 6.50. The molecule has 3 aromatic rings. The normalized spacial score (nSPS) is 10.6. The van der Waals surface area contributed by atoms with Gasteiger partial charge in [-0.1, -0.05) is 37.0 Å². The molecule has 10 heteroatoms. The highest BCUT2D eigenvalue weighted by Gasteiger charge is 2.17. The second kappa shape index (κ2) is 9.60. The first-order valence-corrected chi connectivity index (χ1v) is 9.73. The third-order valence-corrected chi connectivity index (χ3v) is 4.23. The zero-order valence-electron chi connectivity index (χ0n) is 16.5. The quantitative estimate of drug-likeness (QED) is 0.515. The Morgan fingerprint density at radius 1 is 0.867 bits per heavy atom. The van der Waals surface area contributed by atoms with Crippen molar-refractivity contribution < 1.29 is 14.3 Å². The third kappa shape index (κ3) is 5.95. The van der Waals surface area contributed by atoms with Gasteiger partial charge in [0.2, 0.25) is 5.91 Å². The van der Waals surface area contributed by atoms with Crippen LogP contribution in [0.15, 0.2) is 48.5 Å². The van der Waals surface area contributed by atoms with Crippen LogP contribution in [0.5, 0.6) is 23.5 Å². The van der Waals surface area contributed by atoms with Gasteiger partial charge in [0.15, 0.2) is 0 Å². The molecule has 0 fully saturated rings. The molecular formula is C20H19Cl2N5O3. The minimum atomic E-state index is -0.219. The highest BCUT2D eigenvalue weighted by molar-refractivity contribution is 6.30. The zero-order valence-corrected chi connectivity index (χ0v) is 18.0. The molecule has 2 aromatic carbocycles. The summed E-state index contributed by atoms with van der Waals surface area (Å²) >= 11 is 11.8. The number of rotatable bonds is 7. The topological polar surface area (TPSA) is 89.5 Å². The van der Waals surface area contributed by atoms with Crippen LogP contribution in [-0.4, -0.2) is 27.9 Å². The molecule has 0 radical (unpaired) electrons. The van der Waals surface area contributed by atoms with Crippen molar-refractivity contribution in [2.24, 2.45) is 5.92 Å². The van der Waals surface area contributed by atoms with Crippen molar-refractivity contribution in [3.8, 4) is 23.5 Å². The SMILES string of the molecule is CC(C)C(=O)NN(C)c1nc(Oc2ccc(Cl)cc2)nc(Oc2ccc(Cl)cc2)n1. The van der Waals surface area contributed by atoms with Gasteiger partial charge in [-0.25, -0.2) is 0 Å². The van der Waals surface area contributed by atoms with Crippen molar-refractivity contribution >= 4 is 35.1 Å². The average molecular weight is 448 g/mol. The maximum atomic E-state index is 12.0. The molecule has 0 saturated heterocycles. The molecule has 0 spiro atoms. The van der Waals surface area contributed by atoms with Gasteiger partial charge in [-0.05, 0) is 48.5 Å². The number of hydrogen-bond acceptors (Lipinski definition) is 7. The summed E-state index contributed by atoms with van der Waals surface area (Å²) < 4.78 is 11.4. The summed E-state index contributed by atoms with van der Waals surface area (Å²) in [5.41, 5.74) is 2.69. The van der Waals surface area contributed by atoms with Gasteiger partial charge < -0.3 is 9.47 Å². The van der Waals surface area contributed by atoms with Gasteiger partial charge in [0.05, 0.1) is 0 Å². The standard InChI is InChI=1S/C20H19Cl2N5O3/c1-12(2)17(28)26-27(3)18-23-19(29-15-8-4-13(21)5-9-15)25-20(24-18)30-16-10-6-14(22)7-11-16/h4-12H,1-3H3,(H,26,28). The van der Waals surface area contributed by atoms with E-state index in [-0.39, 0.29) is 29.8 Å². The van der Waals surface area contributed by atoms with E-state index in [1.807, 2.05) is 0 Å². The molecule has 1 aromatic heterocycles. The van der Waals surface area contributed by atoms with E-state index >= 15 is 0 Å². The van der Waals surface area contributed by atoms with Crippen LogP contribution in [-0.2, 0) is 4.79 Å². The lowest BCUT2D eigenvalue weighted by Crippen LogP contribution is -2.42. The molecule has 1 amide bonds. The number of hydrogen-bond donors (Lipinski definition) is 1. The van der Waals surface area contributed by atoms with Crippen molar-refractivity contribution in [1.82, 2.24) is 20.4 Å². The first kappa shape index (κ1) is 21.6. The molecule has 0 unspecified atom stereocenters. The van der Waals surface area contributed by atoms with E-state index in [1.165, 1.54) is 5.01 Å². The molecule has 3 rings (SSSR count). The molecule has 0 atom stereocenters. The van der Waals surface area contributed by atoms with Gasteiger partial charge in [0.25, 0.3) is 5.95 Å². The Labute approximate surface area is 183 Å². The second-order valence-corrected chi connectivity index (χ2v) is 7.38. The van der Waals surface area contributed by atoms with Crippen molar-refractivity contribution in [1.29, 1.82) is 0 Å². The van der Waals surface area contributed by atoms with Crippen LogP contribution >= 0.6 is 23.2 Å². The van der Waals surface area contributed by atoms with Crippen LogP contribution < -0.4 is 19.9 Å². The van der Waals surface area contributed by atoms with Crippen LogP contribution in [0.3, 0.4) is 0 Å². The summed E-state index contributed by atoms with van der Waals surface area (Å²) in [7, 11) is 1.60. The summed E-state index contributed by atoms with van der Waals surface area (Å²) in [6.45, 7) is 3.56.